The topological polar surface area (TPSA) is 49.3 Å². The number of nitrogens with one attached hydrogen (secondary N) is 2. The van der Waals surface area contributed by atoms with Crippen molar-refractivity contribution in [2.24, 2.45) is 4.99 Å². The van der Waals surface area contributed by atoms with Crippen molar-refractivity contribution in [2.45, 2.75) is 33.7 Å². The number of hydrogen-bond donors (Lipinski definition) is 2. The molecule has 1 rings (SSSR count). The second-order valence-electron chi connectivity index (χ2n) is 3.89. The van der Waals surface area contributed by atoms with E-state index in [9.17, 15) is 0 Å². The molecule has 0 aliphatic rings. The predicted molar refractivity (Wildman–Crippen MR) is 87.5 cm³/mol. The van der Waals surface area contributed by atoms with Crippen LogP contribution in [0.3, 0.4) is 0 Å². The van der Waals surface area contributed by atoms with Gasteiger partial charge in [-0.3, -0.25) is 4.98 Å². The molecule has 0 fully saturated rings. The van der Waals surface area contributed by atoms with Gasteiger partial charge in [0.1, 0.15) is 0 Å². The summed E-state index contributed by atoms with van der Waals surface area (Å²) >= 11 is 0. The van der Waals surface area contributed by atoms with Gasteiger partial charge in [-0.15, -0.1) is 24.0 Å². The summed E-state index contributed by atoms with van der Waals surface area (Å²) in [6.07, 6.45) is 1.09. The molecule has 0 atom stereocenters. The molecule has 0 spiro atoms. The normalized spacial score (nSPS) is 10.7. The number of aromatic nitrogens is 1. The number of nitrogens with zero attached hydrogens (tertiary/aromatic N) is 2. The molecule has 0 amide bonds. The summed E-state index contributed by atoms with van der Waals surface area (Å²) in [5.41, 5.74) is 2.03. The van der Waals surface area contributed by atoms with E-state index in [4.69, 9.17) is 0 Å². The highest BCUT2D eigenvalue weighted by molar-refractivity contribution is 14.0. The van der Waals surface area contributed by atoms with E-state index < -0.39 is 0 Å². The van der Waals surface area contributed by atoms with Gasteiger partial charge in [-0.2, -0.15) is 0 Å². The van der Waals surface area contributed by atoms with Crippen molar-refractivity contribution in [1.29, 1.82) is 0 Å². The Hall–Kier alpha value is -0.850. The molecule has 4 nitrogen and oxygen atoms in total. The fourth-order valence-electron chi connectivity index (χ4n) is 1.43. The van der Waals surface area contributed by atoms with E-state index in [1.807, 2.05) is 25.1 Å². The molecule has 0 saturated carbocycles. The standard InChI is InChI=1S/C13H22N4.HI/c1-4-9-15-13(14-5-2)16-10-12-8-6-7-11(3)17-12;/h6-8H,4-5,9-10H2,1-3H3,(H2,14,15,16);1H. The Morgan fingerprint density at radius 1 is 1.28 bits per heavy atom. The molecule has 0 bridgehead atoms. The molecule has 0 unspecified atom stereocenters. The molecule has 0 aromatic carbocycles. The van der Waals surface area contributed by atoms with Crippen LogP contribution in [0.4, 0.5) is 0 Å². The summed E-state index contributed by atoms with van der Waals surface area (Å²) in [4.78, 5) is 8.92. The Kier molecular flexibility index (Phi) is 9.63. The third-order valence-electron chi connectivity index (χ3n) is 2.23. The van der Waals surface area contributed by atoms with Crippen LogP contribution in [0.2, 0.25) is 0 Å². The Morgan fingerprint density at radius 2 is 2.06 bits per heavy atom. The SMILES string of the molecule is CCCNC(=NCc1cccc(C)n1)NCC.I. The number of aliphatic imine (C=N–C) groups is 1. The summed E-state index contributed by atoms with van der Waals surface area (Å²) in [7, 11) is 0. The predicted octanol–water partition coefficient (Wildman–Crippen LogP) is 2.47. The maximum atomic E-state index is 4.49. The molecule has 102 valence electrons. The third-order valence-corrected chi connectivity index (χ3v) is 2.23. The minimum absolute atomic E-state index is 0. The van der Waals surface area contributed by atoms with Gasteiger partial charge in [-0.25, -0.2) is 4.99 Å². The van der Waals surface area contributed by atoms with E-state index in [0.717, 1.165) is 36.9 Å². The zero-order valence-corrected chi connectivity index (χ0v) is 13.7. The lowest BCUT2D eigenvalue weighted by Gasteiger charge is -2.09. The van der Waals surface area contributed by atoms with Crippen LogP contribution in [-0.4, -0.2) is 24.0 Å². The van der Waals surface area contributed by atoms with Crippen LogP contribution in [0.1, 0.15) is 31.7 Å². The van der Waals surface area contributed by atoms with E-state index in [1.165, 1.54) is 0 Å². The average molecular weight is 362 g/mol. The summed E-state index contributed by atoms with van der Waals surface area (Å²) in [6.45, 7) is 8.62. The third kappa shape index (κ3) is 6.78. The summed E-state index contributed by atoms with van der Waals surface area (Å²) < 4.78 is 0. The first-order valence-corrected chi connectivity index (χ1v) is 6.21. The summed E-state index contributed by atoms with van der Waals surface area (Å²) in [5, 5.41) is 6.48. The maximum Gasteiger partial charge on any atom is 0.191 e. The van der Waals surface area contributed by atoms with Crippen molar-refractivity contribution in [2.75, 3.05) is 13.1 Å². The number of hydrogen-bond acceptors (Lipinski definition) is 2. The van der Waals surface area contributed by atoms with Crippen molar-refractivity contribution in [3.05, 3.63) is 29.6 Å². The van der Waals surface area contributed by atoms with Gasteiger partial charge in [0, 0.05) is 18.8 Å². The fourth-order valence-corrected chi connectivity index (χ4v) is 1.43. The second-order valence-corrected chi connectivity index (χ2v) is 3.89. The van der Waals surface area contributed by atoms with Crippen molar-refractivity contribution in [3.63, 3.8) is 0 Å². The van der Waals surface area contributed by atoms with Gasteiger partial charge in [-0.05, 0) is 32.4 Å². The van der Waals surface area contributed by atoms with Crippen LogP contribution in [0.5, 0.6) is 0 Å². The Balaban J connectivity index is 0.00000289. The van der Waals surface area contributed by atoms with E-state index in [1.54, 1.807) is 0 Å². The van der Waals surface area contributed by atoms with Gasteiger partial charge in [0.2, 0.25) is 0 Å². The highest BCUT2D eigenvalue weighted by Crippen LogP contribution is 1.99. The van der Waals surface area contributed by atoms with Crippen LogP contribution in [0.15, 0.2) is 23.2 Å². The van der Waals surface area contributed by atoms with Gasteiger partial charge in [-0.1, -0.05) is 13.0 Å². The molecule has 1 aromatic heterocycles. The second kappa shape index (κ2) is 10.1. The number of aryl methyl sites for hydroxylation is 1. The average Bonchev–Trinajstić information content (AvgIpc) is 2.33. The van der Waals surface area contributed by atoms with Crippen LogP contribution >= 0.6 is 24.0 Å². The monoisotopic (exact) mass is 362 g/mol. The van der Waals surface area contributed by atoms with Gasteiger partial charge in [0.05, 0.1) is 12.2 Å². The largest absolute Gasteiger partial charge is 0.357 e. The number of pyridine rings is 1. The zero-order valence-electron chi connectivity index (χ0n) is 11.4. The molecule has 2 N–H and O–H groups in total. The lowest BCUT2D eigenvalue weighted by molar-refractivity contribution is 0.782. The first-order chi connectivity index (χ1) is 8.26. The maximum absolute atomic E-state index is 4.49. The van der Waals surface area contributed by atoms with Crippen molar-refractivity contribution < 1.29 is 0 Å². The molecular weight excluding hydrogens is 339 g/mol. The molecule has 0 saturated heterocycles. The smallest absolute Gasteiger partial charge is 0.191 e. The van der Waals surface area contributed by atoms with Gasteiger partial charge in [0.25, 0.3) is 0 Å². The Bertz CT molecular complexity index is 366. The molecule has 1 heterocycles. The first-order valence-electron chi connectivity index (χ1n) is 6.21. The number of halogens is 1. The molecule has 0 aliphatic heterocycles. The van der Waals surface area contributed by atoms with Gasteiger partial charge >= 0.3 is 0 Å². The molecular formula is C13H23IN4. The molecule has 0 radical (unpaired) electrons. The van der Waals surface area contributed by atoms with Crippen molar-refractivity contribution in [1.82, 2.24) is 15.6 Å². The highest BCUT2D eigenvalue weighted by Gasteiger charge is 1.97. The minimum atomic E-state index is 0. The lowest BCUT2D eigenvalue weighted by atomic mass is 10.3. The van der Waals surface area contributed by atoms with Gasteiger partial charge in [0.15, 0.2) is 5.96 Å². The minimum Gasteiger partial charge on any atom is -0.357 e. The van der Waals surface area contributed by atoms with Crippen LogP contribution in [0, 0.1) is 6.92 Å². The molecule has 5 heteroatoms. The lowest BCUT2D eigenvalue weighted by Crippen LogP contribution is -2.37. The first kappa shape index (κ1) is 17.2. The number of guanidine groups is 1. The molecule has 0 aliphatic carbocycles. The van der Waals surface area contributed by atoms with Crippen molar-refractivity contribution in [3.8, 4) is 0 Å². The van der Waals surface area contributed by atoms with E-state index in [0.29, 0.717) is 6.54 Å². The summed E-state index contributed by atoms with van der Waals surface area (Å²) in [5.74, 6) is 0.859. The highest BCUT2D eigenvalue weighted by atomic mass is 127. The van der Waals surface area contributed by atoms with Crippen LogP contribution in [0.25, 0.3) is 0 Å². The zero-order chi connectivity index (χ0) is 12.5. The molecule has 18 heavy (non-hydrogen) atoms. The van der Waals surface area contributed by atoms with Crippen molar-refractivity contribution >= 4 is 29.9 Å². The van der Waals surface area contributed by atoms with E-state index in [2.05, 4.69) is 34.5 Å². The van der Waals surface area contributed by atoms with Crippen LogP contribution in [-0.2, 0) is 6.54 Å². The van der Waals surface area contributed by atoms with E-state index >= 15 is 0 Å². The Morgan fingerprint density at radius 3 is 2.67 bits per heavy atom. The van der Waals surface area contributed by atoms with E-state index in [-0.39, 0.29) is 24.0 Å². The fraction of sp³-hybridized carbons (Fsp3) is 0.538. The molecule has 1 aromatic rings. The Labute approximate surface area is 127 Å². The van der Waals surface area contributed by atoms with Crippen LogP contribution < -0.4 is 10.6 Å². The number of rotatable bonds is 5. The van der Waals surface area contributed by atoms with Gasteiger partial charge < -0.3 is 10.6 Å². The quantitative estimate of drug-likeness (QED) is 0.481. The summed E-state index contributed by atoms with van der Waals surface area (Å²) in [6, 6.07) is 6.01.